The molecular weight excluding hydrogens is 234 g/mol. The Kier molecular flexibility index (Phi) is 2.93. The fourth-order valence-electron chi connectivity index (χ4n) is 1.56. The normalized spacial score (nSPS) is 9.94. The Morgan fingerprint density at radius 1 is 1.56 bits per heavy atom. The zero-order valence-corrected chi connectivity index (χ0v) is 9.28. The molecule has 2 aromatic rings. The van der Waals surface area contributed by atoms with E-state index in [1.165, 1.54) is 23.0 Å². The SMILES string of the molecule is N#CCc1cnn(-c2cccc([N+](=O)[O-])c2)c1N. The number of nitrogens with two attached hydrogens (primary N) is 1. The van der Waals surface area contributed by atoms with Crippen LogP contribution in [0.5, 0.6) is 0 Å². The molecule has 0 aliphatic heterocycles. The van der Waals surface area contributed by atoms with E-state index in [1.54, 1.807) is 12.1 Å². The van der Waals surface area contributed by atoms with E-state index in [1.807, 2.05) is 6.07 Å². The Hall–Kier alpha value is -2.88. The van der Waals surface area contributed by atoms with Gasteiger partial charge in [-0.1, -0.05) is 6.07 Å². The summed E-state index contributed by atoms with van der Waals surface area (Å²) in [5, 5.41) is 23.3. The average molecular weight is 243 g/mol. The molecule has 0 saturated carbocycles. The van der Waals surface area contributed by atoms with Gasteiger partial charge in [-0.25, -0.2) is 4.68 Å². The quantitative estimate of drug-likeness (QED) is 0.647. The maximum Gasteiger partial charge on any atom is 0.271 e. The summed E-state index contributed by atoms with van der Waals surface area (Å²) < 4.78 is 1.37. The third kappa shape index (κ3) is 1.99. The average Bonchev–Trinajstić information content (AvgIpc) is 2.72. The summed E-state index contributed by atoms with van der Waals surface area (Å²) in [5.41, 5.74) is 6.88. The van der Waals surface area contributed by atoms with Crippen LogP contribution in [0.25, 0.3) is 5.69 Å². The molecule has 7 heteroatoms. The number of anilines is 1. The number of non-ortho nitro benzene ring substituents is 1. The number of aromatic nitrogens is 2. The molecule has 0 atom stereocenters. The molecule has 0 aliphatic rings. The first kappa shape index (κ1) is 11.6. The minimum Gasteiger partial charge on any atom is -0.383 e. The van der Waals surface area contributed by atoms with Gasteiger partial charge in [0.15, 0.2) is 0 Å². The van der Waals surface area contributed by atoms with Gasteiger partial charge < -0.3 is 5.73 Å². The summed E-state index contributed by atoms with van der Waals surface area (Å²) in [5.74, 6) is 0.317. The van der Waals surface area contributed by atoms with E-state index < -0.39 is 4.92 Å². The van der Waals surface area contributed by atoms with Crippen LogP contribution in [0, 0.1) is 21.4 Å². The van der Waals surface area contributed by atoms with Crippen LogP contribution in [0.3, 0.4) is 0 Å². The predicted molar refractivity (Wildman–Crippen MR) is 63.9 cm³/mol. The molecule has 0 saturated heterocycles. The van der Waals surface area contributed by atoms with E-state index in [9.17, 15) is 10.1 Å². The lowest BCUT2D eigenvalue weighted by molar-refractivity contribution is -0.384. The third-order valence-electron chi connectivity index (χ3n) is 2.44. The maximum atomic E-state index is 10.7. The molecule has 18 heavy (non-hydrogen) atoms. The first-order valence-electron chi connectivity index (χ1n) is 5.07. The molecule has 0 aliphatic carbocycles. The van der Waals surface area contributed by atoms with Crippen molar-refractivity contribution in [2.24, 2.45) is 0 Å². The van der Waals surface area contributed by atoms with E-state index in [0.717, 1.165) is 0 Å². The lowest BCUT2D eigenvalue weighted by atomic mass is 10.2. The summed E-state index contributed by atoms with van der Waals surface area (Å²) in [6.45, 7) is 0. The summed E-state index contributed by atoms with van der Waals surface area (Å²) >= 11 is 0. The van der Waals surface area contributed by atoms with Crippen molar-refractivity contribution in [3.05, 3.63) is 46.1 Å². The lowest BCUT2D eigenvalue weighted by Crippen LogP contribution is -2.03. The van der Waals surface area contributed by atoms with Crippen LogP contribution in [-0.4, -0.2) is 14.7 Å². The number of benzene rings is 1. The van der Waals surface area contributed by atoms with Gasteiger partial charge in [-0.05, 0) is 6.07 Å². The lowest BCUT2D eigenvalue weighted by Gasteiger charge is -2.04. The topological polar surface area (TPSA) is 111 Å². The Labute approximate surface area is 102 Å². The molecular formula is C11H9N5O2. The summed E-state index contributed by atoms with van der Waals surface area (Å²) in [4.78, 5) is 10.2. The molecule has 1 aromatic carbocycles. The van der Waals surface area contributed by atoms with Crippen molar-refractivity contribution >= 4 is 11.5 Å². The van der Waals surface area contributed by atoms with Gasteiger partial charge in [-0.15, -0.1) is 0 Å². The van der Waals surface area contributed by atoms with Crippen molar-refractivity contribution in [3.8, 4) is 11.8 Å². The van der Waals surface area contributed by atoms with Crippen molar-refractivity contribution in [2.45, 2.75) is 6.42 Å². The van der Waals surface area contributed by atoms with Gasteiger partial charge in [0.1, 0.15) is 5.82 Å². The molecule has 7 nitrogen and oxygen atoms in total. The monoisotopic (exact) mass is 243 g/mol. The number of nitrogens with zero attached hydrogens (tertiary/aromatic N) is 4. The standard InChI is InChI=1S/C11H9N5O2/c12-5-4-8-7-14-15(11(8)13)9-2-1-3-10(6-9)16(17)18/h1-3,6-7H,4,13H2. The number of nitro groups is 1. The summed E-state index contributed by atoms with van der Waals surface area (Å²) in [6.07, 6.45) is 1.64. The van der Waals surface area contributed by atoms with E-state index in [0.29, 0.717) is 17.1 Å². The number of nitriles is 1. The second kappa shape index (κ2) is 4.55. The third-order valence-corrected chi connectivity index (χ3v) is 2.44. The predicted octanol–water partition coefficient (Wildman–Crippen LogP) is 1.43. The number of nitro benzene ring substituents is 1. The molecule has 2 rings (SSSR count). The molecule has 0 bridgehead atoms. The Morgan fingerprint density at radius 3 is 3.00 bits per heavy atom. The molecule has 0 fully saturated rings. The highest BCUT2D eigenvalue weighted by Crippen LogP contribution is 2.21. The van der Waals surface area contributed by atoms with Crippen LogP contribution < -0.4 is 5.73 Å². The molecule has 1 aromatic heterocycles. The fraction of sp³-hybridized carbons (Fsp3) is 0.0909. The van der Waals surface area contributed by atoms with Crippen molar-refractivity contribution in [1.82, 2.24) is 9.78 Å². The van der Waals surface area contributed by atoms with E-state index >= 15 is 0 Å². The van der Waals surface area contributed by atoms with Crippen LogP contribution in [-0.2, 0) is 6.42 Å². The molecule has 1 heterocycles. The van der Waals surface area contributed by atoms with Gasteiger partial charge in [0, 0.05) is 17.7 Å². The van der Waals surface area contributed by atoms with Gasteiger partial charge in [0.05, 0.1) is 29.3 Å². The van der Waals surface area contributed by atoms with E-state index in [2.05, 4.69) is 5.10 Å². The first-order chi connectivity index (χ1) is 8.63. The molecule has 0 spiro atoms. The number of hydrogen-bond acceptors (Lipinski definition) is 5. The van der Waals surface area contributed by atoms with Crippen LogP contribution in [0.2, 0.25) is 0 Å². The zero-order valence-electron chi connectivity index (χ0n) is 9.28. The minimum absolute atomic E-state index is 0.0377. The molecule has 0 unspecified atom stereocenters. The smallest absolute Gasteiger partial charge is 0.271 e. The van der Waals surface area contributed by atoms with Gasteiger partial charge in [-0.3, -0.25) is 10.1 Å². The van der Waals surface area contributed by atoms with Crippen molar-refractivity contribution in [3.63, 3.8) is 0 Å². The number of nitrogen functional groups attached to an aromatic ring is 1. The molecule has 90 valence electrons. The minimum atomic E-state index is -0.487. The second-order valence-corrected chi connectivity index (χ2v) is 3.58. The molecule has 0 amide bonds. The molecule has 2 N–H and O–H groups in total. The second-order valence-electron chi connectivity index (χ2n) is 3.58. The Morgan fingerprint density at radius 2 is 2.33 bits per heavy atom. The highest BCUT2D eigenvalue weighted by atomic mass is 16.6. The van der Waals surface area contributed by atoms with Gasteiger partial charge in [0.2, 0.25) is 0 Å². The largest absolute Gasteiger partial charge is 0.383 e. The number of rotatable bonds is 3. The van der Waals surface area contributed by atoms with Crippen LogP contribution in [0.1, 0.15) is 5.56 Å². The van der Waals surface area contributed by atoms with Gasteiger partial charge in [0.25, 0.3) is 5.69 Å². The van der Waals surface area contributed by atoms with E-state index in [4.69, 9.17) is 11.0 Å². The fourth-order valence-corrected chi connectivity index (χ4v) is 1.56. The highest BCUT2D eigenvalue weighted by Gasteiger charge is 2.11. The van der Waals surface area contributed by atoms with Crippen molar-refractivity contribution < 1.29 is 4.92 Å². The maximum absolute atomic E-state index is 10.7. The summed E-state index contributed by atoms with van der Waals surface area (Å²) in [7, 11) is 0. The van der Waals surface area contributed by atoms with Crippen molar-refractivity contribution in [1.29, 1.82) is 5.26 Å². The molecule has 0 radical (unpaired) electrons. The summed E-state index contributed by atoms with van der Waals surface area (Å²) in [6, 6.07) is 7.95. The van der Waals surface area contributed by atoms with Gasteiger partial charge in [-0.2, -0.15) is 10.4 Å². The van der Waals surface area contributed by atoms with E-state index in [-0.39, 0.29) is 12.1 Å². The zero-order chi connectivity index (χ0) is 13.1. The number of hydrogen-bond donors (Lipinski definition) is 1. The van der Waals surface area contributed by atoms with Crippen LogP contribution in [0.15, 0.2) is 30.5 Å². The van der Waals surface area contributed by atoms with Crippen LogP contribution in [0.4, 0.5) is 11.5 Å². The Balaban J connectivity index is 2.46. The van der Waals surface area contributed by atoms with Crippen LogP contribution >= 0.6 is 0 Å². The highest BCUT2D eigenvalue weighted by molar-refractivity contribution is 5.51. The van der Waals surface area contributed by atoms with Gasteiger partial charge >= 0.3 is 0 Å². The Bertz CT molecular complexity index is 641. The van der Waals surface area contributed by atoms with Crippen molar-refractivity contribution in [2.75, 3.05) is 5.73 Å². The first-order valence-corrected chi connectivity index (χ1v) is 5.07.